The Kier molecular flexibility index (Phi) is 5.59. The predicted octanol–water partition coefficient (Wildman–Crippen LogP) is 3.26. The zero-order valence-corrected chi connectivity index (χ0v) is 17.9. The van der Waals surface area contributed by atoms with Crippen LogP contribution in [0, 0.1) is 6.92 Å². The number of aliphatic carboxylic acids is 1. The number of hydrogen-bond acceptors (Lipinski definition) is 4. The molecule has 1 atom stereocenters. The van der Waals surface area contributed by atoms with Crippen LogP contribution in [0.4, 0.5) is 0 Å². The highest BCUT2D eigenvalue weighted by Crippen LogP contribution is 2.31. The van der Waals surface area contributed by atoms with Crippen LogP contribution in [0.15, 0.2) is 53.6 Å². The summed E-state index contributed by atoms with van der Waals surface area (Å²) in [6.07, 6.45) is 1.69. The van der Waals surface area contributed by atoms with Gasteiger partial charge in [-0.25, -0.2) is 8.42 Å². The standard InChI is InChI=1S/C21H22ClN3O4S/c1-14-2-5-16(6-3-14)30(28,29)25-10-8-24(9-11-25)20(21(26)27)18-13-23-19-12-15(22)4-7-17(18)19/h2-7,12-13,20,23H,8-11H2,1H3,(H,26,27)/t20-/m1/s1. The fraction of sp³-hybridized carbons (Fsp3) is 0.286. The topological polar surface area (TPSA) is 93.7 Å². The molecule has 0 amide bonds. The van der Waals surface area contributed by atoms with Gasteiger partial charge in [-0.05, 0) is 31.2 Å². The monoisotopic (exact) mass is 447 g/mol. The normalized spacial score (nSPS) is 17.3. The molecule has 2 aromatic carbocycles. The van der Waals surface area contributed by atoms with E-state index >= 15 is 0 Å². The summed E-state index contributed by atoms with van der Waals surface area (Å²) in [4.78, 5) is 17.3. The molecular formula is C21H22ClN3O4S. The van der Waals surface area contributed by atoms with Gasteiger partial charge < -0.3 is 10.1 Å². The molecule has 1 fully saturated rings. The Balaban J connectivity index is 1.55. The number of halogens is 1. The Labute approximate surface area is 179 Å². The van der Waals surface area contributed by atoms with Crippen LogP contribution in [0.3, 0.4) is 0 Å². The Morgan fingerprint density at radius 3 is 2.40 bits per heavy atom. The molecule has 7 nitrogen and oxygen atoms in total. The Hall–Kier alpha value is -2.39. The van der Waals surface area contributed by atoms with Gasteiger partial charge in [0.05, 0.1) is 4.90 Å². The van der Waals surface area contributed by atoms with E-state index in [1.165, 1.54) is 4.31 Å². The second-order valence-electron chi connectivity index (χ2n) is 7.43. The number of nitrogens with one attached hydrogen (secondary N) is 1. The molecule has 1 saturated heterocycles. The van der Waals surface area contributed by atoms with Crippen LogP contribution in [-0.4, -0.2) is 59.9 Å². The molecule has 0 radical (unpaired) electrons. The molecular weight excluding hydrogens is 426 g/mol. The lowest BCUT2D eigenvalue weighted by molar-refractivity contribution is -0.144. The number of aromatic nitrogens is 1. The minimum atomic E-state index is -3.60. The lowest BCUT2D eigenvalue weighted by atomic mass is 10.0. The number of benzene rings is 2. The van der Waals surface area contributed by atoms with Crippen molar-refractivity contribution in [3.8, 4) is 0 Å². The Morgan fingerprint density at radius 2 is 1.77 bits per heavy atom. The van der Waals surface area contributed by atoms with E-state index in [0.717, 1.165) is 16.5 Å². The maximum atomic E-state index is 12.9. The van der Waals surface area contributed by atoms with Crippen LogP contribution in [-0.2, 0) is 14.8 Å². The van der Waals surface area contributed by atoms with E-state index in [2.05, 4.69) is 4.98 Å². The summed E-state index contributed by atoms with van der Waals surface area (Å²) in [5, 5.41) is 11.3. The van der Waals surface area contributed by atoms with E-state index in [4.69, 9.17) is 11.6 Å². The summed E-state index contributed by atoms with van der Waals surface area (Å²) >= 11 is 6.03. The van der Waals surface area contributed by atoms with Crippen molar-refractivity contribution < 1.29 is 18.3 Å². The van der Waals surface area contributed by atoms with E-state index < -0.39 is 22.0 Å². The van der Waals surface area contributed by atoms with E-state index in [1.807, 2.05) is 6.92 Å². The summed E-state index contributed by atoms with van der Waals surface area (Å²) in [5.41, 5.74) is 2.40. The second kappa shape index (κ2) is 8.03. The molecule has 3 aromatic rings. The minimum absolute atomic E-state index is 0.230. The van der Waals surface area contributed by atoms with E-state index in [-0.39, 0.29) is 18.0 Å². The SMILES string of the molecule is Cc1ccc(S(=O)(=O)N2CCN([C@@H](C(=O)O)c3c[nH]c4cc(Cl)ccc34)CC2)cc1. The quantitative estimate of drug-likeness (QED) is 0.626. The van der Waals surface area contributed by atoms with Crippen molar-refractivity contribution in [1.82, 2.24) is 14.2 Å². The first kappa shape index (κ1) is 20.9. The number of rotatable bonds is 5. The van der Waals surface area contributed by atoms with Gasteiger partial charge in [0.1, 0.15) is 6.04 Å². The van der Waals surface area contributed by atoms with Gasteiger partial charge in [0, 0.05) is 53.9 Å². The maximum Gasteiger partial charge on any atom is 0.325 e. The number of sulfonamides is 1. The van der Waals surface area contributed by atoms with Crippen LogP contribution in [0.1, 0.15) is 17.2 Å². The van der Waals surface area contributed by atoms with Gasteiger partial charge >= 0.3 is 5.97 Å². The number of carboxylic acid groups (broad SMARTS) is 1. The summed E-state index contributed by atoms with van der Waals surface area (Å²) in [6.45, 7) is 3.01. The van der Waals surface area contributed by atoms with E-state index in [1.54, 1.807) is 53.6 Å². The number of fused-ring (bicyclic) bond motifs is 1. The molecule has 30 heavy (non-hydrogen) atoms. The van der Waals surface area contributed by atoms with Crippen molar-refractivity contribution >= 4 is 38.5 Å². The van der Waals surface area contributed by atoms with Crippen molar-refractivity contribution in [3.05, 3.63) is 64.8 Å². The van der Waals surface area contributed by atoms with Crippen LogP contribution < -0.4 is 0 Å². The third-order valence-electron chi connectivity index (χ3n) is 5.50. The first-order chi connectivity index (χ1) is 14.3. The predicted molar refractivity (Wildman–Crippen MR) is 115 cm³/mol. The van der Waals surface area contributed by atoms with Gasteiger partial charge in [-0.15, -0.1) is 0 Å². The largest absolute Gasteiger partial charge is 0.480 e. The molecule has 1 aromatic heterocycles. The molecule has 1 aliphatic rings. The number of H-pyrrole nitrogens is 1. The number of piperazine rings is 1. The Morgan fingerprint density at radius 1 is 1.10 bits per heavy atom. The highest BCUT2D eigenvalue weighted by molar-refractivity contribution is 7.89. The van der Waals surface area contributed by atoms with Crippen molar-refractivity contribution in [2.24, 2.45) is 0 Å². The number of hydrogen-bond donors (Lipinski definition) is 2. The lowest BCUT2D eigenvalue weighted by Crippen LogP contribution is -2.50. The minimum Gasteiger partial charge on any atom is -0.480 e. The highest BCUT2D eigenvalue weighted by atomic mass is 35.5. The van der Waals surface area contributed by atoms with Crippen LogP contribution in [0.2, 0.25) is 5.02 Å². The number of nitrogens with zero attached hydrogens (tertiary/aromatic N) is 2. The second-order valence-corrected chi connectivity index (χ2v) is 9.80. The van der Waals surface area contributed by atoms with E-state index in [0.29, 0.717) is 23.7 Å². The summed E-state index contributed by atoms with van der Waals surface area (Å²) in [7, 11) is -3.60. The molecule has 2 heterocycles. The smallest absolute Gasteiger partial charge is 0.325 e. The van der Waals surface area contributed by atoms with Crippen molar-refractivity contribution in [3.63, 3.8) is 0 Å². The average Bonchev–Trinajstić information content (AvgIpc) is 3.11. The lowest BCUT2D eigenvalue weighted by Gasteiger charge is -2.37. The maximum absolute atomic E-state index is 12.9. The first-order valence-electron chi connectivity index (χ1n) is 9.57. The fourth-order valence-corrected chi connectivity index (χ4v) is 5.49. The molecule has 0 aliphatic carbocycles. The average molecular weight is 448 g/mol. The third kappa shape index (κ3) is 3.83. The molecule has 2 N–H and O–H groups in total. The van der Waals surface area contributed by atoms with Crippen molar-refractivity contribution in [1.29, 1.82) is 0 Å². The Bertz CT molecular complexity index is 1180. The van der Waals surface area contributed by atoms with Gasteiger partial charge in [-0.1, -0.05) is 35.4 Å². The fourth-order valence-electron chi connectivity index (χ4n) is 3.89. The van der Waals surface area contributed by atoms with Gasteiger partial charge in [-0.3, -0.25) is 9.69 Å². The van der Waals surface area contributed by atoms with Gasteiger partial charge in [0.15, 0.2) is 0 Å². The zero-order valence-electron chi connectivity index (χ0n) is 16.4. The van der Waals surface area contributed by atoms with Crippen LogP contribution >= 0.6 is 11.6 Å². The van der Waals surface area contributed by atoms with E-state index in [9.17, 15) is 18.3 Å². The third-order valence-corrected chi connectivity index (χ3v) is 7.65. The van der Waals surface area contributed by atoms with Crippen molar-refractivity contribution in [2.45, 2.75) is 17.9 Å². The summed E-state index contributed by atoms with van der Waals surface area (Å²) < 4.78 is 27.3. The van der Waals surface area contributed by atoms with Gasteiger partial charge in [0.2, 0.25) is 10.0 Å². The molecule has 9 heteroatoms. The van der Waals surface area contributed by atoms with Gasteiger partial charge in [-0.2, -0.15) is 4.31 Å². The van der Waals surface area contributed by atoms with Crippen LogP contribution in [0.5, 0.6) is 0 Å². The van der Waals surface area contributed by atoms with Gasteiger partial charge in [0.25, 0.3) is 0 Å². The molecule has 158 valence electrons. The summed E-state index contributed by atoms with van der Waals surface area (Å²) in [6, 6.07) is 11.2. The zero-order chi connectivity index (χ0) is 21.5. The first-order valence-corrected chi connectivity index (χ1v) is 11.4. The molecule has 0 spiro atoms. The molecule has 1 aliphatic heterocycles. The summed E-state index contributed by atoms with van der Waals surface area (Å²) in [5.74, 6) is -0.972. The molecule has 0 unspecified atom stereocenters. The number of carbonyl (C=O) groups is 1. The highest BCUT2D eigenvalue weighted by Gasteiger charge is 2.35. The molecule has 0 bridgehead atoms. The molecule has 4 rings (SSSR count). The van der Waals surface area contributed by atoms with Crippen LogP contribution in [0.25, 0.3) is 10.9 Å². The van der Waals surface area contributed by atoms with Crippen molar-refractivity contribution in [2.75, 3.05) is 26.2 Å². The number of aromatic amines is 1. The molecule has 0 saturated carbocycles. The number of aryl methyl sites for hydroxylation is 1. The number of carboxylic acids is 1.